The molecule has 1 aliphatic heterocycles. The molecule has 1 atom stereocenters. The van der Waals surface area contributed by atoms with Crippen LogP contribution in [0.5, 0.6) is 0 Å². The standard InChI is InChI=1S/C20H23N3O2/c1-22(2)19(24)14-15-8-6-7-11-17(15)21-18-12-13-23(20(18)25)16-9-4-3-5-10-16/h3-11,18,21H,12-14H2,1-2H3/t18-/m1/s1. The second-order valence-corrected chi connectivity index (χ2v) is 6.43. The van der Waals surface area contributed by atoms with Gasteiger partial charge in [0.1, 0.15) is 6.04 Å². The minimum Gasteiger partial charge on any atom is -0.373 e. The Hall–Kier alpha value is -2.82. The third kappa shape index (κ3) is 3.82. The molecule has 25 heavy (non-hydrogen) atoms. The van der Waals surface area contributed by atoms with Crippen molar-refractivity contribution < 1.29 is 9.59 Å². The number of likely N-dealkylation sites (N-methyl/N-ethyl adjacent to an activating group) is 1. The summed E-state index contributed by atoms with van der Waals surface area (Å²) in [5.74, 6) is 0.109. The van der Waals surface area contributed by atoms with Gasteiger partial charge in [-0.2, -0.15) is 0 Å². The molecular weight excluding hydrogens is 314 g/mol. The zero-order valence-electron chi connectivity index (χ0n) is 14.6. The van der Waals surface area contributed by atoms with Crippen LogP contribution in [0.1, 0.15) is 12.0 Å². The fraction of sp³-hybridized carbons (Fsp3) is 0.300. The number of benzene rings is 2. The van der Waals surface area contributed by atoms with Gasteiger partial charge >= 0.3 is 0 Å². The fourth-order valence-electron chi connectivity index (χ4n) is 3.00. The Balaban J connectivity index is 1.73. The van der Waals surface area contributed by atoms with E-state index in [9.17, 15) is 9.59 Å². The molecule has 0 saturated carbocycles. The number of para-hydroxylation sites is 2. The average molecular weight is 337 g/mol. The molecule has 1 fully saturated rings. The summed E-state index contributed by atoms with van der Waals surface area (Å²) in [6, 6.07) is 17.1. The quantitative estimate of drug-likeness (QED) is 0.912. The lowest BCUT2D eigenvalue weighted by atomic mass is 10.1. The number of nitrogens with one attached hydrogen (secondary N) is 1. The maximum absolute atomic E-state index is 12.7. The first-order chi connectivity index (χ1) is 12.1. The van der Waals surface area contributed by atoms with Crippen LogP contribution in [0.25, 0.3) is 0 Å². The molecule has 130 valence electrons. The van der Waals surface area contributed by atoms with Crippen molar-refractivity contribution in [3.05, 3.63) is 60.2 Å². The molecule has 0 unspecified atom stereocenters. The van der Waals surface area contributed by atoms with Crippen LogP contribution in [0.15, 0.2) is 54.6 Å². The number of hydrogen-bond donors (Lipinski definition) is 1. The van der Waals surface area contributed by atoms with E-state index in [1.807, 2.05) is 59.5 Å². The Morgan fingerprint density at radius 2 is 1.80 bits per heavy atom. The molecule has 2 aromatic carbocycles. The minimum absolute atomic E-state index is 0.0397. The number of nitrogens with zero attached hydrogens (tertiary/aromatic N) is 2. The Bertz CT molecular complexity index is 759. The lowest BCUT2D eigenvalue weighted by Crippen LogP contribution is -2.33. The van der Waals surface area contributed by atoms with Gasteiger partial charge in [-0.1, -0.05) is 36.4 Å². The highest BCUT2D eigenvalue weighted by Gasteiger charge is 2.32. The molecule has 0 aliphatic carbocycles. The van der Waals surface area contributed by atoms with Crippen LogP contribution in [-0.2, 0) is 16.0 Å². The van der Waals surface area contributed by atoms with E-state index in [1.54, 1.807) is 19.0 Å². The van der Waals surface area contributed by atoms with Gasteiger partial charge in [-0.15, -0.1) is 0 Å². The Kier molecular flexibility index (Phi) is 5.03. The van der Waals surface area contributed by atoms with Crippen LogP contribution >= 0.6 is 0 Å². The lowest BCUT2D eigenvalue weighted by molar-refractivity contribution is -0.127. The number of amides is 2. The molecule has 1 heterocycles. The first-order valence-corrected chi connectivity index (χ1v) is 8.47. The van der Waals surface area contributed by atoms with Crippen LogP contribution in [0.4, 0.5) is 11.4 Å². The third-order valence-electron chi connectivity index (χ3n) is 4.46. The predicted octanol–water partition coefficient (Wildman–Crippen LogP) is 2.53. The number of carbonyl (C=O) groups is 2. The smallest absolute Gasteiger partial charge is 0.249 e. The molecule has 2 aromatic rings. The maximum atomic E-state index is 12.7. The zero-order valence-corrected chi connectivity index (χ0v) is 14.6. The van der Waals surface area contributed by atoms with Gasteiger partial charge in [0.25, 0.3) is 0 Å². The van der Waals surface area contributed by atoms with E-state index in [1.165, 1.54) is 0 Å². The molecule has 5 heteroatoms. The summed E-state index contributed by atoms with van der Waals surface area (Å²) in [4.78, 5) is 28.2. The van der Waals surface area contributed by atoms with Gasteiger partial charge in [0.05, 0.1) is 6.42 Å². The molecular formula is C20H23N3O2. The molecule has 1 N–H and O–H groups in total. The fourth-order valence-corrected chi connectivity index (χ4v) is 3.00. The Morgan fingerprint density at radius 3 is 2.52 bits per heavy atom. The van der Waals surface area contributed by atoms with Gasteiger partial charge in [-0.25, -0.2) is 0 Å². The summed E-state index contributed by atoms with van der Waals surface area (Å²) in [7, 11) is 3.49. The van der Waals surface area contributed by atoms with Crippen molar-refractivity contribution in [1.29, 1.82) is 0 Å². The molecule has 0 spiro atoms. The van der Waals surface area contributed by atoms with Crippen molar-refractivity contribution in [2.24, 2.45) is 0 Å². The van der Waals surface area contributed by atoms with Gasteiger partial charge in [-0.3, -0.25) is 9.59 Å². The summed E-state index contributed by atoms with van der Waals surface area (Å²) in [6.07, 6.45) is 1.06. The zero-order chi connectivity index (χ0) is 17.8. The Labute approximate surface area is 148 Å². The van der Waals surface area contributed by atoms with E-state index in [4.69, 9.17) is 0 Å². The molecule has 0 aromatic heterocycles. The van der Waals surface area contributed by atoms with Crippen LogP contribution in [-0.4, -0.2) is 43.4 Å². The van der Waals surface area contributed by atoms with Gasteiger partial charge in [-0.05, 0) is 30.2 Å². The summed E-state index contributed by atoms with van der Waals surface area (Å²) in [6.45, 7) is 0.694. The molecule has 3 rings (SSSR count). The van der Waals surface area contributed by atoms with Gasteiger partial charge in [0.2, 0.25) is 11.8 Å². The van der Waals surface area contributed by atoms with E-state index >= 15 is 0 Å². The van der Waals surface area contributed by atoms with E-state index in [0.717, 1.165) is 23.4 Å². The van der Waals surface area contributed by atoms with Crippen LogP contribution in [0, 0.1) is 0 Å². The van der Waals surface area contributed by atoms with Crippen molar-refractivity contribution in [2.75, 3.05) is 30.9 Å². The monoisotopic (exact) mass is 337 g/mol. The average Bonchev–Trinajstić information content (AvgIpc) is 2.98. The lowest BCUT2D eigenvalue weighted by Gasteiger charge is -2.19. The van der Waals surface area contributed by atoms with Gasteiger partial charge in [0, 0.05) is 32.0 Å². The first kappa shape index (κ1) is 17.0. The van der Waals surface area contributed by atoms with Crippen molar-refractivity contribution in [2.45, 2.75) is 18.9 Å². The van der Waals surface area contributed by atoms with Crippen molar-refractivity contribution in [3.8, 4) is 0 Å². The minimum atomic E-state index is -0.268. The maximum Gasteiger partial charge on any atom is 0.249 e. The number of carbonyl (C=O) groups excluding carboxylic acids is 2. The topological polar surface area (TPSA) is 52.7 Å². The molecule has 5 nitrogen and oxygen atoms in total. The van der Waals surface area contributed by atoms with Crippen molar-refractivity contribution >= 4 is 23.2 Å². The Morgan fingerprint density at radius 1 is 1.12 bits per heavy atom. The molecule has 2 amide bonds. The first-order valence-electron chi connectivity index (χ1n) is 8.47. The van der Waals surface area contributed by atoms with E-state index in [0.29, 0.717) is 13.0 Å². The summed E-state index contributed by atoms with van der Waals surface area (Å²) < 4.78 is 0. The van der Waals surface area contributed by atoms with Gasteiger partial charge in [0.15, 0.2) is 0 Å². The second-order valence-electron chi connectivity index (χ2n) is 6.43. The normalized spacial score (nSPS) is 16.8. The van der Waals surface area contributed by atoms with E-state index in [2.05, 4.69) is 5.32 Å². The van der Waals surface area contributed by atoms with Crippen LogP contribution in [0.3, 0.4) is 0 Å². The molecule has 0 radical (unpaired) electrons. The van der Waals surface area contributed by atoms with Crippen molar-refractivity contribution in [3.63, 3.8) is 0 Å². The highest BCUT2D eigenvalue weighted by Crippen LogP contribution is 2.25. The highest BCUT2D eigenvalue weighted by atomic mass is 16.2. The predicted molar refractivity (Wildman–Crippen MR) is 99.7 cm³/mol. The van der Waals surface area contributed by atoms with Crippen molar-refractivity contribution in [1.82, 2.24) is 4.90 Å². The van der Waals surface area contributed by atoms with E-state index in [-0.39, 0.29) is 17.9 Å². The summed E-state index contributed by atoms with van der Waals surface area (Å²) in [5.41, 5.74) is 2.69. The largest absolute Gasteiger partial charge is 0.373 e. The van der Waals surface area contributed by atoms with Crippen LogP contribution < -0.4 is 10.2 Å². The molecule has 1 aliphatic rings. The molecule has 1 saturated heterocycles. The number of anilines is 2. The van der Waals surface area contributed by atoms with Gasteiger partial charge < -0.3 is 15.1 Å². The summed E-state index contributed by atoms with van der Waals surface area (Å²) >= 11 is 0. The van der Waals surface area contributed by atoms with E-state index < -0.39 is 0 Å². The SMILES string of the molecule is CN(C)C(=O)Cc1ccccc1N[C@@H]1CCN(c2ccccc2)C1=O. The molecule has 0 bridgehead atoms. The third-order valence-corrected chi connectivity index (χ3v) is 4.46. The number of hydrogen-bond acceptors (Lipinski definition) is 3. The summed E-state index contributed by atoms with van der Waals surface area (Å²) in [5, 5.41) is 3.34. The highest BCUT2D eigenvalue weighted by molar-refractivity contribution is 6.01. The second kappa shape index (κ2) is 7.38. The van der Waals surface area contributed by atoms with Crippen LogP contribution in [0.2, 0.25) is 0 Å². The number of rotatable bonds is 5.